The molecule has 1 aromatic carbocycles. The normalized spacial score (nSPS) is 16.3. The fourth-order valence-corrected chi connectivity index (χ4v) is 4.03. The molecule has 0 saturated heterocycles. The molecule has 0 unspecified atom stereocenters. The highest BCUT2D eigenvalue weighted by molar-refractivity contribution is 6.31. The van der Waals surface area contributed by atoms with Crippen molar-refractivity contribution >= 4 is 40.4 Å². The zero-order valence-corrected chi connectivity index (χ0v) is 16.9. The van der Waals surface area contributed by atoms with E-state index in [9.17, 15) is 19.5 Å². The van der Waals surface area contributed by atoms with Crippen molar-refractivity contribution in [2.45, 2.75) is 26.9 Å². The molecule has 9 nitrogen and oxygen atoms in total. The summed E-state index contributed by atoms with van der Waals surface area (Å²) >= 11 is 6.30. The Morgan fingerprint density at radius 1 is 1.31 bits per heavy atom. The predicted octanol–water partition coefficient (Wildman–Crippen LogP) is 0.396. The van der Waals surface area contributed by atoms with Gasteiger partial charge >= 0.3 is 5.69 Å². The number of carboxylic acid groups (broad SMARTS) is 1. The van der Waals surface area contributed by atoms with E-state index in [4.69, 9.17) is 11.6 Å². The summed E-state index contributed by atoms with van der Waals surface area (Å²) < 4.78 is 3.61. The first-order valence-corrected chi connectivity index (χ1v) is 9.51. The van der Waals surface area contributed by atoms with E-state index in [2.05, 4.69) is 4.98 Å². The van der Waals surface area contributed by atoms with E-state index in [0.717, 1.165) is 11.3 Å². The molecule has 0 fully saturated rings. The summed E-state index contributed by atoms with van der Waals surface area (Å²) in [5, 5.41) is 11.7. The van der Waals surface area contributed by atoms with Crippen molar-refractivity contribution in [1.29, 1.82) is 0 Å². The van der Waals surface area contributed by atoms with Crippen LogP contribution in [0.2, 0.25) is 5.02 Å². The van der Waals surface area contributed by atoms with Gasteiger partial charge in [0.1, 0.15) is 0 Å². The van der Waals surface area contributed by atoms with Crippen molar-refractivity contribution in [2.75, 3.05) is 11.4 Å². The van der Waals surface area contributed by atoms with Gasteiger partial charge in [0, 0.05) is 30.8 Å². The number of aliphatic carboxylic acids is 1. The van der Waals surface area contributed by atoms with E-state index in [1.54, 1.807) is 10.6 Å². The van der Waals surface area contributed by atoms with Gasteiger partial charge in [0.05, 0.1) is 12.5 Å². The summed E-state index contributed by atoms with van der Waals surface area (Å²) in [6.45, 7) is 4.32. The third-order valence-electron chi connectivity index (χ3n) is 5.26. The summed E-state index contributed by atoms with van der Waals surface area (Å²) in [6, 6.07) is 5.58. The molecule has 0 aliphatic carbocycles. The van der Waals surface area contributed by atoms with Crippen LogP contribution in [-0.2, 0) is 24.9 Å². The standard InChI is InChI=1S/C19H20ClN5O4/c1-10-7-23(13-6-4-5-12(20)11(13)2)18-21-16-15(24(18)8-10)17(28)25(9-14(26)27)19(29)22(16)3/h4-6,10H,7-9H2,1-3H3,(H,26,27)/p-1/t10-/m0/s1. The number of hydrogen-bond acceptors (Lipinski definition) is 6. The Hall–Kier alpha value is -3.07. The fraction of sp³-hybridized carbons (Fsp3) is 0.368. The van der Waals surface area contributed by atoms with E-state index in [0.29, 0.717) is 28.6 Å². The van der Waals surface area contributed by atoms with Crippen molar-refractivity contribution in [3.63, 3.8) is 0 Å². The Morgan fingerprint density at radius 2 is 2.03 bits per heavy atom. The van der Waals surface area contributed by atoms with E-state index < -0.39 is 23.8 Å². The van der Waals surface area contributed by atoms with E-state index in [-0.39, 0.29) is 17.1 Å². The van der Waals surface area contributed by atoms with Gasteiger partial charge in [0.2, 0.25) is 5.95 Å². The van der Waals surface area contributed by atoms with Crippen LogP contribution in [0.5, 0.6) is 0 Å². The van der Waals surface area contributed by atoms with Gasteiger partial charge in [0.25, 0.3) is 5.56 Å². The molecule has 10 heteroatoms. The molecule has 0 spiro atoms. The lowest BCUT2D eigenvalue weighted by molar-refractivity contribution is -0.306. The molecular formula is C19H19ClN5O4-. The van der Waals surface area contributed by atoms with Crippen LogP contribution in [0.4, 0.5) is 11.6 Å². The molecule has 3 aromatic rings. The van der Waals surface area contributed by atoms with Gasteiger partial charge in [-0.05, 0) is 30.5 Å². The number of benzene rings is 1. The Kier molecular flexibility index (Phi) is 4.49. The van der Waals surface area contributed by atoms with Crippen LogP contribution in [-0.4, -0.2) is 31.2 Å². The summed E-state index contributed by atoms with van der Waals surface area (Å²) in [5.74, 6) is -0.822. The van der Waals surface area contributed by atoms with E-state index in [1.165, 1.54) is 11.6 Å². The zero-order valence-electron chi connectivity index (χ0n) is 16.2. The average molecular weight is 417 g/mol. The first-order chi connectivity index (χ1) is 13.7. The summed E-state index contributed by atoms with van der Waals surface area (Å²) in [4.78, 5) is 43.1. The number of imidazole rings is 1. The molecule has 4 rings (SSSR count). The largest absolute Gasteiger partial charge is 0.548 e. The third-order valence-corrected chi connectivity index (χ3v) is 5.67. The van der Waals surface area contributed by atoms with Crippen LogP contribution in [0.3, 0.4) is 0 Å². The highest BCUT2D eigenvalue weighted by Crippen LogP contribution is 2.36. The Balaban J connectivity index is 2.04. The molecule has 0 N–H and O–H groups in total. The first kappa shape index (κ1) is 19.3. The number of halogens is 1. The summed E-state index contributed by atoms with van der Waals surface area (Å²) in [7, 11) is 1.47. The molecule has 3 heterocycles. The number of nitrogens with zero attached hydrogens (tertiary/aromatic N) is 5. The van der Waals surface area contributed by atoms with Gasteiger partial charge in [-0.15, -0.1) is 0 Å². The number of carboxylic acids is 1. The fourth-order valence-electron chi connectivity index (χ4n) is 3.86. The number of aryl methyl sites for hydroxylation is 1. The molecule has 0 radical (unpaired) electrons. The van der Waals surface area contributed by atoms with Crippen LogP contribution >= 0.6 is 11.6 Å². The van der Waals surface area contributed by atoms with Crippen LogP contribution in [0.15, 0.2) is 27.8 Å². The number of aromatic nitrogens is 4. The second-order valence-electron chi connectivity index (χ2n) is 7.40. The Bertz CT molecular complexity index is 1270. The number of rotatable bonds is 3. The van der Waals surface area contributed by atoms with Crippen LogP contribution in [0.25, 0.3) is 11.2 Å². The number of hydrogen-bond donors (Lipinski definition) is 0. The van der Waals surface area contributed by atoms with Crippen molar-refractivity contribution < 1.29 is 9.90 Å². The monoisotopic (exact) mass is 416 g/mol. The van der Waals surface area contributed by atoms with Gasteiger partial charge in [0.15, 0.2) is 11.2 Å². The average Bonchev–Trinajstić information content (AvgIpc) is 3.04. The lowest BCUT2D eigenvalue weighted by atomic mass is 10.1. The second-order valence-corrected chi connectivity index (χ2v) is 7.81. The molecular weight excluding hydrogens is 398 g/mol. The maximum absolute atomic E-state index is 13.0. The third kappa shape index (κ3) is 2.93. The number of anilines is 2. The molecule has 0 saturated carbocycles. The Morgan fingerprint density at radius 3 is 2.72 bits per heavy atom. The van der Waals surface area contributed by atoms with Crippen molar-refractivity contribution in [3.8, 4) is 0 Å². The van der Waals surface area contributed by atoms with Gasteiger partial charge in [-0.1, -0.05) is 24.6 Å². The maximum Gasteiger partial charge on any atom is 0.332 e. The van der Waals surface area contributed by atoms with E-state index in [1.807, 2.05) is 30.9 Å². The quantitative estimate of drug-likeness (QED) is 0.611. The molecule has 0 amide bonds. The van der Waals surface area contributed by atoms with Crippen LogP contribution in [0.1, 0.15) is 12.5 Å². The van der Waals surface area contributed by atoms with E-state index >= 15 is 0 Å². The number of carbonyl (C=O) groups excluding carboxylic acids is 1. The predicted molar refractivity (Wildman–Crippen MR) is 107 cm³/mol. The minimum Gasteiger partial charge on any atom is -0.548 e. The minimum absolute atomic E-state index is 0.171. The van der Waals surface area contributed by atoms with Gasteiger partial charge in [-0.25, -0.2) is 4.79 Å². The molecule has 1 aliphatic rings. The van der Waals surface area contributed by atoms with Gasteiger partial charge < -0.3 is 19.4 Å². The molecule has 152 valence electrons. The second kappa shape index (κ2) is 6.77. The SMILES string of the molecule is Cc1c(Cl)cccc1N1C[C@H](C)Cn2c1nc1c2c(=O)n(CC(=O)[O-])c(=O)n1C. The van der Waals surface area contributed by atoms with Gasteiger partial charge in [-0.3, -0.25) is 13.9 Å². The topological polar surface area (TPSA) is 105 Å². The zero-order chi connectivity index (χ0) is 21.0. The van der Waals surface area contributed by atoms with Crippen molar-refractivity contribution in [2.24, 2.45) is 13.0 Å². The van der Waals surface area contributed by atoms with Crippen molar-refractivity contribution in [1.82, 2.24) is 18.7 Å². The Labute approximate surface area is 170 Å². The number of fused-ring (bicyclic) bond motifs is 3. The van der Waals surface area contributed by atoms with Crippen LogP contribution < -0.4 is 21.3 Å². The van der Waals surface area contributed by atoms with Crippen molar-refractivity contribution in [3.05, 3.63) is 49.6 Å². The molecule has 1 aliphatic heterocycles. The van der Waals surface area contributed by atoms with Gasteiger partial charge in [-0.2, -0.15) is 4.98 Å². The molecule has 29 heavy (non-hydrogen) atoms. The highest BCUT2D eigenvalue weighted by Gasteiger charge is 2.30. The smallest absolute Gasteiger partial charge is 0.332 e. The summed E-state index contributed by atoms with van der Waals surface area (Å²) in [6.07, 6.45) is 0. The number of carbonyl (C=O) groups is 1. The first-order valence-electron chi connectivity index (χ1n) is 9.13. The lowest BCUT2D eigenvalue weighted by Crippen LogP contribution is -2.44. The maximum atomic E-state index is 13.0. The summed E-state index contributed by atoms with van der Waals surface area (Å²) in [5.41, 5.74) is 0.706. The molecule has 0 bridgehead atoms. The lowest BCUT2D eigenvalue weighted by Gasteiger charge is -2.34. The van der Waals surface area contributed by atoms with Crippen LogP contribution in [0, 0.1) is 12.8 Å². The molecule has 2 aromatic heterocycles. The molecule has 1 atom stereocenters. The minimum atomic E-state index is -1.51. The highest BCUT2D eigenvalue weighted by atomic mass is 35.5.